The second-order valence-electron chi connectivity index (χ2n) is 5.20. The molecule has 0 aliphatic carbocycles. The third-order valence-electron chi connectivity index (χ3n) is 3.50. The van der Waals surface area contributed by atoms with Crippen molar-refractivity contribution < 1.29 is 9.59 Å². The van der Waals surface area contributed by atoms with Gasteiger partial charge >= 0.3 is 0 Å². The third kappa shape index (κ3) is 4.83. The molecule has 1 atom stereocenters. The lowest BCUT2D eigenvalue weighted by molar-refractivity contribution is -0.123. The summed E-state index contributed by atoms with van der Waals surface area (Å²) in [6.07, 6.45) is 1.59. The van der Waals surface area contributed by atoms with Crippen LogP contribution in [0.15, 0.2) is 54.6 Å². The van der Waals surface area contributed by atoms with Gasteiger partial charge < -0.3 is 0 Å². The van der Waals surface area contributed by atoms with Gasteiger partial charge in [-0.05, 0) is 36.2 Å². The largest absolute Gasteiger partial charge is 0.273 e. The summed E-state index contributed by atoms with van der Waals surface area (Å²) >= 11 is 5.79. The van der Waals surface area contributed by atoms with Crippen molar-refractivity contribution in [3.05, 3.63) is 70.7 Å². The van der Waals surface area contributed by atoms with Crippen LogP contribution in [0.5, 0.6) is 0 Å². The summed E-state index contributed by atoms with van der Waals surface area (Å²) in [6.45, 7) is 2.02. The molecule has 0 fully saturated rings. The van der Waals surface area contributed by atoms with Crippen LogP contribution in [0.4, 0.5) is 0 Å². The maximum Gasteiger partial charge on any atom is 0.269 e. The van der Waals surface area contributed by atoms with Crippen molar-refractivity contribution in [2.75, 3.05) is 0 Å². The number of carbonyl (C=O) groups is 2. The smallest absolute Gasteiger partial charge is 0.269 e. The van der Waals surface area contributed by atoms with Gasteiger partial charge in [-0.1, -0.05) is 55.3 Å². The normalized spacial score (nSPS) is 11.6. The Morgan fingerprint density at radius 3 is 2.26 bits per heavy atom. The lowest BCUT2D eigenvalue weighted by Gasteiger charge is -2.17. The minimum absolute atomic E-state index is 0.222. The number of nitrogens with one attached hydrogen (secondary N) is 2. The van der Waals surface area contributed by atoms with Crippen molar-refractivity contribution in [1.82, 2.24) is 10.9 Å². The summed E-state index contributed by atoms with van der Waals surface area (Å²) in [5.74, 6) is -0.884. The van der Waals surface area contributed by atoms with Crippen molar-refractivity contribution >= 4 is 23.4 Å². The fraction of sp³-hybridized carbons (Fsp3) is 0.222. The highest BCUT2D eigenvalue weighted by molar-refractivity contribution is 6.30. The summed E-state index contributed by atoms with van der Waals surface area (Å²) < 4.78 is 0. The molecule has 2 N–H and O–H groups in total. The van der Waals surface area contributed by atoms with E-state index < -0.39 is 0 Å². The molecule has 0 aromatic heterocycles. The highest BCUT2D eigenvalue weighted by Gasteiger charge is 2.20. The molecule has 2 aromatic rings. The van der Waals surface area contributed by atoms with E-state index >= 15 is 0 Å². The standard InChI is InChI=1S/C18H19ClN2O2/c1-2-6-16(13-7-4-3-5-8-13)18(23)21-20-17(22)14-9-11-15(19)12-10-14/h3-5,7-12,16H,2,6H2,1H3,(H,20,22)(H,21,23)/t16-/m1/s1. The summed E-state index contributed by atoms with van der Waals surface area (Å²) in [7, 11) is 0. The van der Waals surface area contributed by atoms with E-state index in [0.29, 0.717) is 17.0 Å². The number of benzene rings is 2. The Morgan fingerprint density at radius 1 is 1.00 bits per heavy atom. The van der Waals surface area contributed by atoms with Gasteiger partial charge in [-0.25, -0.2) is 0 Å². The van der Waals surface area contributed by atoms with Crippen LogP contribution >= 0.6 is 11.6 Å². The van der Waals surface area contributed by atoms with Crippen LogP contribution < -0.4 is 10.9 Å². The first-order valence-corrected chi connectivity index (χ1v) is 7.90. The predicted molar refractivity (Wildman–Crippen MR) is 91.2 cm³/mol. The van der Waals surface area contributed by atoms with Gasteiger partial charge in [0.2, 0.25) is 5.91 Å². The average molecular weight is 331 g/mol. The number of hydrazine groups is 1. The Morgan fingerprint density at radius 2 is 1.65 bits per heavy atom. The summed E-state index contributed by atoms with van der Waals surface area (Å²) in [5.41, 5.74) is 6.32. The molecule has 0 unspecified atom stereocenters. The zero-order valence-corrected chi connectivity index (χ0v) is 13.6. The molecule has 2 aromatic carbocycles. The Labute approximate surface area is 140 Å². The lowest BCUT2D eigenvalue weighted by atomic mass is 9.94. The zero-order valence-electron chi connectivity index (χ0n) is 12.9. The highest BCUT2D eigenvalue weighted by atomic mass is 35.5. The molecule has 0 saturated carbocycles. The van der Waals surface area contributed by atoms with E-state index in [2.05, 4.69) is 10.9 Å². The maximum atomic E-state index is 12.4. The van der Waals surface area contributed by atoms with Crippen LogP contribution in [0.3, 0.4) is 0 Å². The van der Waals surface area contributed by atoms with Crippen LogP contribution in [-0.4, -0.2) is 11.8 Å². The third-order valence-corrected chi connectivity index (χ3v) is 3.75. The summed E-state index contributed by atoms with van der Waals surface area (Å²) in [5, 5.41) is 0.553. The number of rotatable bonds is 5. The van der Waals surface area contributed by atoms with E-state index in [-0.39, 0.29) is 17.7 Å². The van der Waals surface area contributed by atoms with Crippen molar-refractivity contribution in [2.24, 2.45) is 0 Å². The number of amides is 2. The fourth-order valence-corrected chi connectivity index (χ4v) is 2.43. The topological polar surface area (TPSA) is 58.2 Å². The van der Waals surface area contributed by atoms with Crippen LogP contribution in [0.25, 0.3) is 0 Å². The monoisotopic (exact) mass is 330 g/mol. The molecule has 0 bridgehead atoms. The first-order chi connectivity index (χ1) is 11.1. The number of hydrogen-bond acceptors (Lipinski definition) is 2. The van der Waals surface area contributed by atoms with Gasteiger partial charge in [0.1, 0.15) is 0 Å². The predicted octanol–water partition coefficient (Wildman–Crippen LogP) is 3.68. The van der Waals surface area contributed by atoms with Gasteiger partial charge in [-0.15, -0.1) is 0 Å². The molecule has 0 saturated heterocycles. The van der Waals surface area contributed by atoms with Crippen molar-refractivity contribution in [3.63, 3.8) is 0 Å². The van der Waals surface area contributed by atoms with Gasteiger partial charge in [0.25, 0.3) is 5.91 Å². The van der Waals surface area contributed by atoms with E-state index in [0.717, 1.165) is 12.0 Å². The van der Waals surface area contributed by atoms with Crippen molar-refractivity contribution in [1.29, 1.82) is 0 Å². The SMILES string of the molecule is CCC[C@@H](C(=O)NNC(=O)c1ccc(Cl)cc1)c1ccccc1. The lowest BCUT2D eigenvalue weighted by Crippen LogP contribution is -2.44. The summed E-state index contributed by atoms with van der Waals surface area (Å²) in [4.78, 5) is 24.4. The number of hydrogen-bond donors (Lipinski definition) is 2. The van der Waals surface area contributed by atoms with Crippen LogP contribution in [0, 0.1) is 0 Å². The highest BCUT2D eigenvalue weighted by Crippen LogP contribution is 2.21. The molecule has 0 aliphatic heterocycles. The molecule has 0 heterocycles. The van der Waals surface area contributed by atoms with Crippen molar-refractivity contribution in [3.8, 4) is 0 Å². The Bertz CT molecular complexity index is 656. The molecule has 0 aliphatic rings. The molecule has 2 rings (SSSR count). The van der Waals surface area contributed by atoms with Gasteiger partial charge in [0.05, 0.1) is 5.92 Å². The number of carbonyl (C=O) groups excluding carboxylic acids is 2. The Kier molecular flexibility index (Phi) is 6.18. The van der Waals surface area contributed by atoms with Gasteiger partial charge in [-0.3, -0.25) is 20.4 Å². The fourth-order valence-electron chi connectivity index (χ4n) is 2.30. The van der Waals surface area contributed by atoms with Crippen molar-refractivity contribution in [2.45, 2.75) is 25.7 Å². The van der Waals surface area contributed by atoms with E-state index in [1.165, 1.54) is 0 Å². The molecule has 23 heavy (non-hydrogen) atoms. The molecular formula is C18H19ClN2O2. The molecule has 2 amide bonds. The molecule has 4 nitrogen and oxygen atoms in total. The van der Waals surface area contributed by atoms with Crippen LogP contribution in [-0.2, 0) is 4.79 Å². The zero-order chi connectivity index (χ0) is 16.7. The van der Waals surface area contributed by atoms with Crippen LogP contribution in [0.2, 0.25) is 5.02 Å². The molecule has 5 heteroatoms. The second-order valence-corrected chi connectivity index (χ2v) is 5.64. The minimum atomic E-state index is -0.377. The Balaban J connectivity index is 1.99. The quantitative estimate of drug-likeness (QED) is 0.821. The average Bonchev–Trinajstić information content (AvgIpc) is 2.58. The van der Waals surface area contributed by atoms with Crippen LogP contribution in [0.1, 0.15) is 41.6 Å². The minimum Gasteiger partial charge on any atom is -0.273 e. The molecule has 0 spiro atoms. The number of halogens is 1. The molecule has 0 radical (unpaired) electrons. The van der Waals surface area contributed by atoms with E-state index in [4.69, 9.17) is 11.6 Å². The summed E-state index contributed by atoms with van der Waals surface area (Å²) in [6, 6.07) is 16.0. The van der Waals surface area contributed by atoms with E-state index in [9.17, 15) is 9.59 Å². The molecule has 120 valence electrons. The second kappa shape index (κ2) is 8.34. The first kappa shape index (κ1) is 17.0. The first-order valence-electron chi connectivity index (χ1n) is 7.52. The van der Waals surface area contributed by atoms with Gasteiger partial charge in [0.15, 0.2) is 0 Å². The van der Waals surface area contributed by atoms with Gasteiger partial charge in [0, 0.05) is 10.6 Å². The van der Waals surface area contributed by atoms with E-state index in [1.54, 1.807) is 24.3 Å². The van der Waals surface area contributed by atoms with Gasteiger partial charge in [-0.2, -0.15) is 0 Å². The molecular weight excluding hydrogens is 312 g/mol. The maximum absolute atomic E-state index is 12.4. The van der Waals surface area contributed by atoms with E-state index in [1.807, 2.05) is 37.3 Å². The Hall–Kier alpha value is -2.33.